The van der Waals surface area contributed by atoms with Crippen molar-refractivity contribution in [2.24, 2.45) is 5.92 Å². The van der Waals surface area contributed by atoms with Crippen molar-refractivity contribution < 1.29 is 15.0 Å². The van der Waals surface area contributed by atoms with Crippen molar-refractivity contribution in [3.63, 3.8) is 0 Å². The Kier molecular flexibility index (Phi) is 7.46. The number of nitrogens with one attached hydrogen (secondary N) is 1. The van der Waals surface area contributed by atoms with E-state index in [2.05, 4.69) is 35.6 Å². The Morgan fingerprint density at radius 3 is 2.25 bits per heavy atom. The van der Waals surface area contributed by atoms with E-state index < -0.39 is 12.1 Å². The monoisotopic (exact) mass is 327 g/mol. The molecule has 1 heterocycles. The van der Waals surface area contributed by atoms with Gasteiger partial charge in [0.05, 0.1) is 0 Å². The third-order valence-electron chi connectivity index (χ3n) is 4.12. The lowest BCUT2D eigenvalue weighted by Gasteiger charge is -2.22. The SMILES string of the molecule is O=C(O)C(O)c1ccccc1.c1ccc(C[C@H]2CCCNC2)cc1. The van der Waals surface area contributed by atoms with Crippen LogP contribution >= 0.6 is 0 Å². The Bertz CT molecular complexity index is 595. The average Bonchev–Trinajstić information content (AvgIpc) is 2.64. The van der Waals surface area contributed by atoms with Gasteiger partial charge in [0, 0.05) is 0 Å². The van der Waals surface area contributed by atoms with Crippen molar-refractivity contribution in [1.82, 2.24) is 5.32 Å². The Labute approximate surface area is 143 Å². The highest BCUT2D eigenvalue weighted by atomic mass is 16.4. The van der Waals surface area contributed by atoms with Crippen LogP contribution in [0.4, 0.5) is 0 Å². The molecule has 0 aromatic heterocycles. The number of piperidine rings is 1. The van der Waals surface area contributed by atoms with E-state index in [0.29, 0.717) is 5.56 Å². The van der Waals surface area contributed by atoms with E-state index in [1.54, 1.807) is 30.3 Å². The molecule has 4 nitrogen and oxygen atoms in total. The molecule has 1 aliphatic heterocycles. The summed E-state index contributed by atoms with van der Waals surface area (Å²) in [6.07, 6.45) is 2.57. The van der Waals surface area contributed by atoms with Crippen molar-refractivity contribution in [3.05, 3.63) is 71.8 Å². The molecule has 0 amide bonds. The number of aliphatic hydroxyl groups excluding tert-OH is 1. The summed E-state index contributed by atoms with van der Waals surface area (Å²) in [5.74, 6) is -0.368. The molecule has 3 rings (SSSR count). The summed E-state index contributed by atoms with van der Waals surface area (Å²) in [5.41, 5.74) is 1.89. The Hall–Kier alpha value is -2.17. The van der Waals surface area contributed by atoms with Gasteiger partial charge in [0.2, 0.25) is 0 Å². The Morgan fingerprint density at radius 2 is 1.71 bits per heavy atom. The molecule has 1 saturated heterocycles. The first-order chi connectivity index (χ1) is 11.7. The van der Waals surface area contributed by atoms with Gasteiger partial charge in [-0.25, -0.2) is 4.79 Å². The van der Waals surface area contributed by atoms with Crippen molar-refractivity contribution in [3.8, 4) is 0 Å². The van der Waals surface area contributed by atoms with Crippen LogP contribution in [0.15, 0.2) is 60.7 Å². The van der Waals surface area contributed by atoms with Crippen molar-refractivity contribution >= 4 is 5.97 Å². The summed E-state index contributed by atoms with van der Waals surface area (Å²) >= 11 is 0. The first kappa shape index (κ1) is 18.2. The predicted molar refractivity (Wildman–Crippen MR) is 94.8 cm³/mol. The van der Waals surface area contributed by atoms with Crippen LogP contribution < -0.4 is 5.32 Å². The zero-order valence-corrected chi connectivity index (χ0v) is 13.8. The second kappa shape index (κ2) is 9.85. The predicted octanol–water partition coefficient (Wildman–Crippen LogP) is 3.03. The summed E-state index contributed by atoms with van der Waals surface area (Å²) < 4.78 is 0. The fourth-order valence-corrected chi connectivity index (χ4v) is 2.82. The van der Waals surface area contributed by atoms with Crippen molar-refractivity contribution in [1.29, 1.82) is 0 Å². The smallest absolute Gasteiger partial charge is 0.337 e. The van der Waals surface area contributed by atoms with Gasteiger partial charge in [0.1, 0.15) is 0 Å². The molecule has 0 aliphatic carbocycles. The molecule has 1 aliphatic rings. The van der Waals surface area contributed by atoms with Gasteiger partial charge in [-0.05, 0) is 49.4 Å². The van der Waals surface area contributed by atoms with Crippen LogP contribution in [-0.2, 0) is 11.2 Å². The molecular weight excluding hydrogens is 302 g/mol. The molecule has 1 unspecified atom stereocenters. The van der Waals surface area contributed by atoms with Gasteiger partial charge in [-0.3, -0.25) is 0 Å². The highest BCUT2D eigenvalue weighted by Crippen LogP contribution is 2.15. The molecular formula is C20H25NO3. The van der Waals surface area contributed by atoms with Gasteiger partial charge in [0.25, 0.3) is 0 Å². The summed E-state index contributed by atoms with van der Waals surface area (Å²) in [6, 6.07) is 19.1. The highest BCUT2D eigenvalue weighted by Gasteiger charge is 2.14. The third kappa shape index (κ3) is 6.14. The second-order valence-electron chi connectivity index (χ2n) is 6.05. The number of aliphatic carboxylic acids is 1. The van der Waals surface area contributed by atoms with E-state index in [0.717, 1.165) is 5.92 Å². The van der Waals surface area contributed by atoms with Gasteiger partial charge in [-0.15, -0.1) is 0 Å². The molecule has 0 saturated carbocycles. The molecule has 3 N–H and O–H groups in total. The highest BCUT2D eigenvalue weighted by molar-refractivity contribution is 5.73. The first-order valence-corrected chi connectivity index (χ1v) is 8.37. The maximum atomic E-state index is 10.2. The fraction of sp³-hybridized carbons (Fsp3) is 0.350. The standard InChI is InChI=1S/C12H17N.C8H8O3/c1-2-5-11(6-3-1)9-12-7-4-8-13-10-12;9-7(8(10)11)6-4-2-1-3-5-6/h1-3,5-6,12-13H,4,7-10H2;1-5,7,9H,(H,10,11)/t12-;/m1./s1. The zero-order valence-electron chi connectivity index (χ0n) is 13.8. The zero-order chi connectivity index (χ0) is 17.2. The molecule has 0 bridgehead atoms. The van der Waals surface area contributed by atoms with Crippen LogP contribution in [0.3, 0.4) is 0 Å². The van der Waals surface area contributed by atoms with E-state index in [1.165, 1.54) is 37.9 Å². The number of hydrogen-bond donors (Lipinski definition) is 3. The van der Waals surface area contributed by atoms with Gasteiger partial charge in [-0.2, -0.15) is 0 Å². The normalized spacial score (nSPS) is 18.1. The van der Waals surface area contributed by atoms with E-state index >= 15 is 0 Å². The number of rotatable bonds is 4. The average molecular weight is 327 g/mol. The molecule has 4 heteroatoms. The topological polar surface area (TPSA) is 69.6 Å². The second-order valence-corrected chi connectivity index (χ2v) is 6.05. The maximum absolute atomic E-state index is 10.2. The molecule has 2 atom stereocenters. The van der Waals surface area contributed by atoms with Gasteiger partial charge in [0.15, 0.2) is 6.10 Å². The summed E-state index contributed by atoms with van der Waals surface area (Å²) in [6.45, 7) is 2.42. The minimum atomic E-state index is -1.41. The van der Waals surface area contributed by atoms with Gasteiger partial charge >= 0.3 is 5.97 Å². The van der Waals surface area contributed by atoms with Crippen LogP contribution in [0.2, 0.25) is 0 Å². The number of aliphatic hydroxyl groups is 1. The lowest BCUT2D eigenvalue weighted by atomic mass is 9.92. The Morgan fingerprint density at radius 1 is 1.08 bits per heavy atom. The lowest BCUT2D eigenvalue weighted by molar-refractivity contribution is -0.146. The van der Waals surface area contributed by atoms with E-state index in [9.17, 15) is 4.79 Å². The summed E-state index contributed by atoms with van der Waals surface area (Å²) in [4.78, 5) is 10.2. The van der Waals surface area contributed by atoms with Crippen LogP contribution in [0.1, 0.15) is 30.1 Å². The number of carboxylic acids is 1. The van der Waals surface area contributed by atoms with Crippen LogP contribution in [0.25, 0.3) is 0 Å². The van der Waals surface area contributed by atoms with Crippen LogP contribution in [-0.4, -0.2) is 29.3 Å². The molecule has 1 fully saturated rings. The largest absolute Gasteiger partial charge is 0.479 e. The van der Waals surface area contributed by atoms with Crippen molar-refractivity contribution in [2.75, 3.05) is 13.1 Å². The van der Waals surface area contributed by atoms with Crippen LogP contribution in [0.5, 0.6) is 0 Å². The minimum absolute atomic E-state index is 0.403. The summed E-state index contributed by atoms with van der Waals surface area (Å²) in [7, 11) is 0. The number of benzene rings is 2. The summed E-state index contributed by atoms with van der Waals surface area (Å²) in [5, 5.41) is 20.8. The first-order valence-electron chi connectivity index (χ1n) is 8.37. The molecule has 24 heavy (non-hydrogen) atoms. The molecule has 0 spiro atoms. The number of hydrogen-bond acceptors (Lipinski definition) is 3. The minimum Gasteiger partial charge on any atom is -0.479 e. The molecule has 2 aromatic carbocycles. The maximum Gasteiger partial charge on any atom is 0.337 e. The van der Waals surface area contributed by atoms with E-state index in [4.69, 9.17) is 10.2 Å². The van der Waals surface area contributed by atoms with Crippen LogP contribution in [0, 0.1) is 5.92 Å². The van der Waals surface area contributed by atoms with E-state index in [1.807, 2.05) is 0 Å². The van der Waals surface area contributed by atoms with Gasteiger partial charge < -0.3 is 15.5 Å². The third-order valence-corrected chi connectivity index (χ3v) is 4.12. The molecule has 128 valence electrons. The quantitative estimate of drug-likeness (QED) is 0.807. The van der Waals surface area contributed by atoms with Gasteiger partial charge in [-0.1, -0.05) is 60.7 Å². The lowest BCUT2D eigenvalue weighted by Crippen LogP contribution is -2.30. The number of carbonyl (C=O) groups is 1. The molecule has 0 radical (unpaired) electrons. The van der Waals surface area contributed by atoms with Crippen molar-refractivity contribution in [2.45, 2.75) is 25.4 Å². The van der Waals surface area contributed by atoms with E-state index in [-0.39, 0.29) is 0 Å². The molecule has 2 aromatic rings. The Balaban J connectivity index is 0.000000177. The number of carboxylic acid groups (broad SMARTS) is 1. The fourth-order valence-electron chi connectivity index (χ4n) is 2.82.